The first kappa shape index (κ1) is 21.3. The molecule has 4 rings (SSSR count). The molecular formula is C20H25Br2N7O. The zero-order chi connectivity index (χ0) is 20.9. The second-order valence-electron chi connectivity index (χ2n) is 7.55. The van der Waals surface area contributed by atoms with Crippen LogP contribution < -0.4 is 15.2 Å². The lowest BCUT2D eigenvalue weighted by molar-refractivity contribution is 0.471. The fourth-order valence-electron chi connectivity index (χ4n) is 3.72. The predicted octanol–water partition coefficient (Wildman–Crippen LogP) is 4.53. The number of nitrogens with one attached hydrogen (secondary N) is 1. The third-order valence-electron chi connectivity index (χ3n) is 5.32. The summed E-state index contributed by atoms with van der Waals surface area (Å²) in [6.45, 7) is 3.86. The van der Waals surface area contributed by atoms with Gasteiger partial charge >= 0.3 is 0 Å². The number of halogens is 2. The molecule has 2 N–H and O–H groups in total. The van der Waals surface area contributed by atoms with Crippen molar-refractivity contribution >= 4 is 55.9 Å². The Bertz CT molecular complexity index is 876. The van der Waals surface area contributed by atoms with Gasteiger partial charge in [-0.15, -0.1) is 0 Å². The smallest absolute Gasteiger partial charge is 0.250 e. The minimum atomic E-state index is 0.127. The Hall–Kier alpha value is -1.94. The first-order chi connectivity index (χ1) is 14.6. The highest BCUT2D eigenvalue weighted by Crippen LogP contribution is 2.30. The highest BCUT2D eigenvalue weighted by atomic mass is 79.9. The van der Waals surface area contributed by atoms with Gasteiger partial charge in [-0.3, -0.25) is 0 Å². The summed E-state index contributed by atoms with van der Waals surface area (Å²) in [7, 11) is 0. The van der Waals surface area contributed by atoms with Crippen LogP contribution in [0.1, 0.15) is 44.1 Å². The highest BCUT2D eigenvalue weighted by molar-refractivity contribution is 9.11. The highest BCUT2D eigenvalue weighted by Gasteiger charge is 2.20. The lowest BCUT2D eigenvalue weighted by Gasteiger charge is -2.30. The number of aromatic nitrogens is 3. The number of anilines is 3. The molecule has 0 amide bonds. The van der Waals surface area contributed by atoms with E-state index in [-0.39, 0.29) is 5.75 Å². The summed E-state index contributed by atoms with van der Waals surface area (Å²) in [5.41, 5.74) is 3.50. The van der Waals surface area contributed by atoms with Gasteiger partial charge in [0, 0.05) is 36.2 Å². The summed E-state index contributed by atoms with van der Waals surface area (Å²) in [5.74, 6) is 1.95. The van der Waals surface area contributed by atoms with Crippen molar-refractivity contribution in [3.8, 4) is 5.75 Å². The molecule has 2 aromatic rings. The Morgan fingerprint density at radius 2 is 1.43 bits per heavy atom. The third kappa shape index (κ3) is 5.21. The van der Waals surface area contributed by atoms with Crippen LogP contribution in [0.3, 0.4) is 0 Å². The summed E-state index contributed by atoms with van der Waals surface area (Å²) in [6, 6.07) is 3.57. The SMILES string of the molecule is Oc1c(Br)cc(Br)cc1/C=N/Nc1nc(N2CCCCC2)nc(N2CCCCC2)n1. The van der Waals surface area contributed by atoms with Crippen LogP contribution >= 0.6 is 31.9 Å². The second-order valence-corrected chi connectivity index (χ2v) is 9.32. The molecule has 2 aliphatic rings. The summed E-state index contributed by atoms with van der Waals surface area (Å²) in [4.78, 5) is 18.4. The number of piperidine rings is 2. The third-order valence-corrected chi connectivity index (χ3v) is 6.38. The summed E-state index contributed by atoms with van der Waals surface area (Å²) >= 11 is 6.76. The number of phenolic OH excluding ortho intramolecular Hbond substituents is 1. The number of phenols is 1. The molecule has 2 saturated heterocycles. The Morgan fingerprint density at radius 3 is 2.00 bits per heavy atom. The minimum absolute atomic E-state index is 0.127. The van der Waals surface area contributed by atoms with Gasteiger partial charge in [-0.1, -0.05) is 15.9 Å². The van der Waals surface area contributed by atoms with Crippen molar-refractivity contribution in [2.24, 2.45) is 5.10 Å². The Balaban J connectivity index is 1.58. The zero-order valence-electron chi connectivity index (χ0n) is 16.7. The van der Waals surface area contributed by atoms with Crippen LogP contribution in [0, 0.1) is 0 Å². The van der Waals surface area contributed by atoms with Gasteiger partial charge in [0.2, 0.25) is 17.8 Å². The van der Waals surface area contributed by atoms with Crippen LogP contribution in [0.4, 0.5) is 17.8 Å². The summed E-state index contributed by atoms with van der Waals surface area (Å²) in [6.07, 6.45) is 8.68. The van der Waals surface area contributed by atoms with E-state index in [1.807, 2.05) is 0 Å². The molecule has 0 aliphatic carbocycles. The van der Waals surface area contributed by atoms with Crippen LogP contribution in [0.2, 0.25) is 0 Å². The fourth-order valence-corrected chi connectivity index (χ4v) is 4.98. The minimum Gasteiger partial charge on any atom is -0.506 e. The van der Waals surface area contributed by atoms with Crippen LogP contribution in [0.15, 0.2) is 26.2 Å². The number of hydrogen-bond acceptors (Lipinski definition) is 8. The molecule has 0 spiro atoms. The monoisotopic (exact) mass is 537 g/mol. The van der Waals surface area contributed by atoms with Crippen LogP contribution in [0.5, 0.6) is 5.75 Å². The first-order valence-corrected chi connectivity index (χ1v) is 11.9. The fraction of sp³-hybridized carbons (Fsp3) is 0.500. The molecule has 1 aromatic heterocycles. The molecule has 160 valence electrons. The normalized spacial score (nSPS) is 17.5. The number of benzene rings is 1. The molecule has 2 fully saturated rings. The van der Waals surface area contributed by atoms with Gasteiger partial charge in [-0.05, 0) is 66.6 Å². The first-order valence-electron chi connectivity index (χ1n) is 10.3. The maximum Gasteiger partial charge on any atom is 0.250 e. The van der Waals surface area contributed by atoms with Gasteiger partial charge in [0.05, 0.1) is 10.7 Å². The summed E-state index contributed by atoms with van der Waals surface area (Å²) < 4.78 is 1.44. The van der Waals surface area contributed by atoms with Crippen molar-refractivity contribution in [2.75, 3.05) is 41.4 Å². The molecule has 30 heavy (non-hydrogen) atoms. The molecular weight excluding hydrogens is 514 g/mol. The standard InChI is InChI=1S/C20H25Br2N7O/c21-15-11-14(17(30)16(22)12-15)13-23-27-18-24-19(28-7-3-1-4-8-28)26-20(25-18)29-9-5-2-6-10-29/h11-13,30H,1-10H2,(H,24,25,26,27)/b23-13+. The number of rotatable bonds is 5. The van der Waals surface area contributed by atoms with Crippen molar-refractivity contribution in [3.63, 3.8) is 0 Å². The van der Waals surface area contributed by atoms with Crippen molar-refractivity contribution in [3.05, 3.63) is 26.6 Å². The number of hydrazone groups is 1. The van der Waals surface area contributed by atoms with E-state index < -0.39 is 0 Å². The van der Waals surface area contributed by atoms with E-state index in [1.165, 1.54) is 12.8 Å². The van der Waals surface area contributed by atoms with Gasteiger partial charge in [-0.25, -0.2) is 5.43 Å². The van der Waals surface area contributed by atoms with Crippen LogP contribution in [0.25, 0.3) is 0 Å². The second kappa shape index (κ2) is 9.91. The van der Waals surface area contributed by atoms with Crippen molar-refractivity contribution < 1.29 is 5.11 Å². The predicted molar refractivity (Wildman–Crippen MR) is 127 cm³/mol. The quantitative estimate of drug-likeness (QED) is 0.427. The molecule has 0 atom stereocenters. The van der Waals surface area contributed by atoms with Gasteiger partial charge in [0.15, 0.2) is 0 Å². The average molecular weight is 539 g/mol. The van der Waals surface area contributed by atoms with E-state index in [2.05, 4.69) is 62.2 Å². The van der Waals surface area contributed by atoms with E-state index >= 15 is 0 Å². The molecule has 10 heteroatoms. The number of hydrogen-bond donors (Lipinski definition) is 2. The van der Waals surface area contributed by atoms with Crippen molar-refractivity contribution in [1.82, 2.24) is 15.0 Å². The molecule has 8 nitrogen and oxygen atoms in total. The van der Waals surface area contributed by atoms with E-state index in [1.54, 1.807) is 18.3 Å². The van der Waals surface area contributed by atoms with Crippen molar-refractivity contribution in [1.29, 1.82) is 0 Å². The number of nitrogens with zero attached hydrogens (tertiary/aromatic N) is 6. The van der Waals surface area contributed by atoms with Gasteiger partial charge < -0.3 is 14.9 Å². The molecule has 3 heterocycles. The van der Waals surface area contributed by atoms with Crippen molar-refractivity contribution in [2.45, 2.75) is 38.5 Å². The van der Waals surface area contributed by atoms with Crippen LogP contribution in [-0.4, -0.2) is 52.5 Å². The molecule has 0 bridgehead atoms. The van der Waals surface area contributed by atoms with Gasteiger partial charge in [0.25, 0.3) is 0 Å². The van der Waals surface area contributed by atoms with Crippen LogP contribution in [-0.2, 0) is 0 Å². The van der Waals surface area contributed by atoms with Gasteiger partial charge in [0.1, 0.15) is 5.75 Å². The molecule has 0 saturated carbocycles. The Morgan fingerprint density at radius 1 is 0.867 bits per heavy atom. The van der Waals surface area contributed by atoms with E-state index in [9.17, 15) is 5.11 Å². The summed E-state index contributed by atoms with van der Waals surface area (Å²) in [5, 5.41) is 14.5. The van der Waals surface area contributed by atoms with E-state index in [0.717, 1.165) is 56.3 Å². The van der Waals surface area contributed by atoms with Gasteiger partial charge in [-0.2, -0.15) is 20.1 Å². The van der Waals surface area contributed by atoms with E-state index in [4.69, 9.17) is 4.98 Å². The number of aromatic hydroxyl groups is 1. The molecule has 1 aromatic carbocycles. The maximum absolute atomic E-state index is 10.2. The Labute approximate surface area is 193 Å². The maximum atomic E-state index is 10.2. The molecule has 0 unspecified atom stereocenters. The lowest BCUT2D eigenvalue weighted by Crippen LogP contribution is -2.34. The lowest BCUT2D eigenvalue weighted by atomic mass is 10.1. The van der Waals surface area contributed by atoms with E-state index in [0.29, 0.717) is 27.9 Å². The molecule has 2 aliphatic heterocycles. The zero-order valence-corrected chi connectivity index (χ0v) is 19.9. The molecule has 0 radical (unpaired) electrons. The average Bonchev–Trinajstić information content (AvgIpc) is 2.78. The Kier molecular flexibility index (Phi) is 7.04. The largest absolute Gasteiger partial charge is 0.506 e. The topological polar surface area (TPSA) is 89.8 Å².